The van der Waals surface area contributed by atoms with Crippen molar-refractivity contribution >= 4 is 11.9 Å². The second-order valence-electron chi connectivity index (χ2n) is 7.58. The molecule has 0 saturated carbocycles. The normalized spacial score (nSPS) is 14.8. The van der Waals surface area contributed by atoms with Crippen LogP contribution in [0.25, 0.3) is 0 Å². The summed E-state index contributed by atoms with van der Waals surface area (Å²) in [5.41, 5.74) is 0.584. The van der Waals surface area contributed by atoms with E-state index in [0.717, 1.165) is 17.7 Å². The van der Waals surface area contributed by atoms with E-state index in [4.69, 9.17) is 9.47 Å². The largest absolute Gasteiger partial charge is 0.490 e. The van der Waals surface area contributed by atoms with E-state index in [1.807, 2.05) is 45.9 Å². The molecule has 0 aromatic heterocycles. The average Bonchev–Trinajstić information content (AvgIpc) is 2.77. The van der Waals surface area contributed by atoms with Crippen molar-refractivity contribution in [2.24, 2.45) is 0 Å². The summed E-state index contributed by atoms with van der Waals surface area (Å²) in [6, 6.07) is 5.11. The second-order valence-corrected chi connectivity index (χ2v) is 7.58. The number of nitrogens with one attached hydrogen (secondary N) is 2. The van der Waals surface area contributed by atoms with Crippen molar-refractivity contribution in [3.63, 3.8) is 0 Å². The van der Waals surface area contributed by atoms with Gasteiger partial charge in [0.25, 0.3) is 0 Å². The molecule has 1 aliphatic heterocycles. The van der Waals surface area contributed by atoms with Gasteiger partial charge >= 0.3 is 6.03 Å². The van der Waals surface area contributed by atoms with Crippen LogP contribution < -0.4 is 20.1 Å². The Hall–Kier alpha value is -2.44. The highest BCUT2D eigenvalue weighted by atomic mass is 16.5. The fourth-order valence-corrected chi connectivity index (χ4v) is 2.57. The molecule has 1 heterocycles. The number of likely N-dealkylation sites (N-methyl/N-ethyl adjacent to an activating group) is 1. The molecular weight excluding hydrogens is 334 g/mol. The standard InChI is InChI=1S/C19H29N3O4/c1-13(14-7-8-15-16(11-14)26-10-6-9-25-15)20-18(24)22(5)12-17(23)21-19(2,3)4/h7-8,11,13H,6,9-10,12H2,1-5H3,(H,20,24)(H,21,23)/t13-/m0/s1. The third-order valence-electron chi connectivity index (χ3n) is 3.85. The molecule has 1 aromatic carbocycles. The van der Waals surface area contributed by atoms with Crippen LogP contribution in [0.4, 0.5) is 4.79 Å². The Bertz CT molecular complexity index is 655. The molecule has 0 radical (unpaired) electrons. The second kappa shape index (κ2) is 8.29. The van der Waals surface area contributed by atoms with E-state index in [1.165, 1.54) is 4.90 Å². The van der Waals surface area contributed by atoms with Gasteiger partial charge in [-0.1, -0.05) is 6.07 Å². The number of nitrogens with zero attached hydrogens (tertiary/aromatic N) is 1. The van der Waals surface area contributed by atoms with Gasteiger partial charge in [-0.3, -0.25) is 4.79 Å². The number of hydrogen-bond acceptors (Lipinski definition) is 4. The molecular formula is C19H29N3O4. The van der Waals surface area contributed by atoms with Crippen LogP contribution in [-0.4, -0.2) is 49.2 Å². The van der Waals surface area contributed by atoms with Gasteiger partial charge < -0.3 is 25.0 Å². The summed E-state index contributed by atoms with van der Waals surface area (Å²) in [6.45, 7) is 8.84. The number of benzene rings is 1. The summed E-state index contributed by atoms with van der Waals surface area (Å²) in [7, 11) is 1.60. The molecule has 0 saturated heterocycles. The topological polar surface area (TPSA) is 79.9 Å². The molecule has 144 valence electrons. The number of carbonyl (C=O) groups excluding carboxylic acids is 2. The van der Waals surface area contributed by atoms with Gasteiger partial charge in [-0.15, -0.1) is 0 Å². The summed E-state index contributed by atoms with van der Waals surface area (Å²) in [6.07, 6.45) is 0.845. The predicted octanol–water partition coefficient (Wildman–Crippen LogP) is 2.46. The van der Waals surface area contributed by atoms with E-state index in [0.29, 0.717) is 19.0 Å². The first-order chi connectivity index (χ1) is 12.2. The molecule has 0 fully saturated rings. The molecule has 26 heavy (non-hydrogen) atoms. The van der Waals surface area contributed by atoms with Gasteiger partial charge in [-0.05, 0) is 45.4 Å². The van der Waals surface area contributed by atoms with Gasteiger partial charge in [-0.25, -0.2) is 4.79 Å². The van der Waals surface area contributed by atoms with Crippen LogP contribution in [0, 0.1) is 0 Å². The van der Waals surface area contributed by atoms with Crippen molar-refractivity contribution in [1.82, 2.24) is 15.5 Å². The number of ether oxygens (including phenoxy) is 2. The van der Waals surface area contributed by atoms with Gasteiger partial charge in [0.15, 0.2) is 11.5 Å². The Kier molecular flexibility index (Phi) is 6.34. The van der Waals surface area contributed by atoms with E-state index in [1.54, 1.807) is 7.05 Å². The lowest BCUT2D eigenvalue weighted by molar-refractivity contribution is -0.122. The molecule has 0 unspecified atom stereocenters. The number of hydrogen-bond donors (Lipinski definition) is 2. The summed E-state index contributed by atoms with van der Waals surface area (Å²) in [5, 5.41) is 5.74. The molecule has 3 amide bonds. The lowest BCUT2D eigenvalue weighted by Crippen LogP contribution is -2.48. The minimum absolute atomic E-state index is 0.00301. The maximum absolute atomic E-state index is 12.4. The first-order valence-electron chi connectivity index (χ1n) is 8.88. The summed E-state index contributed by atoms with van der Waals surface area (Å²) >= 11 is 0. The smallest absolute Gasteiger partial charge is 0.318 e. The lowest BCUT2D eigenvalue weighted by atomic mass is 10.1. The number of rotatable bonds is 4. The van der Waals surface area contributed by atoms with E-state index in [2.05, 4.69) is 10.6 Å². The van der Waals surface area contributed by atoms with Crippen molar-refractivity contribution in [2.75, 3.05) is 26.8 Å². The van der Waals surface area contributed by atoms with E-state index in [-0.39, 0.29) is 30.1 Å². The highest BCUT2D eigenvalue weighted by Crippen LogP contribution is 2.32. The van der Waals surface area contributed by atoms with Crippen molar-refractivity contribution in [1.29, 1.82) is 0 Å². The monoisotopic (exact) mass is 363 g/mol. The van der Waals surface area contributed by atoms with Crippen LogP contribution in [0.2, 0.25) is 0 Å². The number of amides is 3. The Morgan fingerprint density at radius 3 is 2.50 bits per heavy atom. The predicted molar refractivity (Wildman–Crippen MR) is 99.5 cm³/mol. The van der Waals surface area contributed by atoms with Crippen LogP contribution in [0.1, 0.15) is 45.7 Å². The molecule has 1 atom stereocenters. The zero-order valence-corrected chi connectivity index (χ0v) is 16.2. The third kappa shape index (κ3) is 5.82. The van der Waals surface area contributed by atoms with Crippen molar-refractivity contribution in [3.05, 3.63) is 23.8 Å². The molecule has 1 aliphatic rings. The molecule has 2 N–H and O–H groups in total. The van der Waals surface area contributed by atoms with Crippen LogP contribution in [0.3, 0.4) is 0 Å². The van der Waals surface area contributed by atoms with Crippen LogP contribution in [0.15, 0.2) is 18.2 Å². The van der Waals surface area contributed by atoms with Crippen LogP contribution in [-0.2, 0) is 4.79 Å². The number of urea groups is 1. The van der Waals surface area contributed by atoms with Gasteiger partial charge in [0.05, 0.1) is 19.3 Å². The molecule has 7 heteroatoms. The first kappa shape index (κ1) is 19.9. The van der Waals surface area contributed by atoms with E-state index in [9.17, 15) is 9.59 Å². The molecule has 7 nitrogen and oxygen atoms in total. The zero-order valence-electron chi connectivity index (χ0n) is 16.2. The van der Waals surface area contributed by atoms with Gasteiger partial charge in [0, 0.05) is 19.0 Å². The van der Waals surface area contributed by atoms with Crippen LogP contribution in [0.5, 0.6) is 11.5 Å². The summed E-state index contributed by atoms with van der Waals surface area (Å²) in [4.78, 5) is 25.7. The Morgan fingerprint density at radius 2 is 1.85 bits per heavy atom. The quantitative estimate of drug-likeness (QED) is 0.861. The molecule has 1 aromatic rings. The molecule has 0 aliphatic carbocycles. The highest BCUT2D eigenvalue weighted by Gasteiger charge is 2.20. The molecule has 0 spiro atoms. The maximum Gasteiger partial charge on any atom is 0.318 e. The number of fused-ring (bicyclic) bond motifs is 1. The van der Waals surface area contributed by atoms with E-state index >= 15 is 0 Å². The fraction of sp³-hybridized carbons (Fsp3) is 0.579. The lowest BCUT2D eigenvalue weighted by Gasteiger charge is -2.25. The fourth-order valence-electron chi connectivity index (χ4n) is 2.57. The zero-order chi connectivity index (χ0) is 19.3. The Balaban J connectivity index is 1.94. The van der Waals surface area contributed by atoms with Gasteiger partial charge in [0.2, 0.25) is 5.91 Å². The summed E-state index contributed by atoms with van der Waals surface area (Å²) in [5.74, 6) is 1.22. The minimum Gasteiger partial charge on any atom is -0.490 e. The maximum atomic E-state index is 12.4. The molecule has 0 bridgehead atoms. The third-order valence-corrected chi connectivity index (χ3v) is 3.85. The molecule has 2 rings (SSSR count). The van der Waals surface area contributed by atoms with Crippen molar-refractivity contribution in [3.8, 4) is 11.5 Å². The SMILES string of the molecule is C[C@H](NC(=O)N(C)CC(=O)NC(C)(C)C)c1ccc2c(c1)OCCCO2. The van der Waals surface area contributed by atoms with Gasteiger partial charge in [0.1, 0.15) is 6.54 Å². The number of carbonyl (C=O) groups is 2. The minimum atomic E-state index is -0.328. The highest BCUT2D eigenvalue weighted by molar-refractivity contribution is 5.84. The Labute approximate surface area is 155 Å². The van der Waals surface area contributed by atoms with Crippen LogP contribution >= 0.6 is 0 Å². The van der Waals surface area contributed by atoms with Gasteiger partial charge in [-0.2, -0.15) is 0 Å². The summed E-state index contributed by atoms with van der Waals surface area (Å²) < 4.78 is 11.3. The Morgan fingerprint density at radius 1 is 1.19 bits per heavy atom. The average molecular weight is 363 g/mol. The first-order valence-corrected chi connectivity index (χ1v) is 8.88. The van der Waals surface area contributed by atoms with Crippen molar-refractivity contribution < 1.29 is 19.1 Å². The van der Waals surface area contributed by atoms with E-state index < -0.39 is 0 Å². The van der Waals surface area contributed by atoms with Crippen molar-refractivity contribution in [2.45, 2.75) is 45.7 Å².